The maximum Gasteiger partial charge on any atom is 0.255 e. The van der Waals surface area contributed by atoms with Crippen LogP contribution in [0.15, 0.2) is 18.2 Å². The smallest absolute Gasteiger partial charge is 0.255 e. The number of carbonyl (C=O) groups is 1. The summed E-state index contributed by atoms with van der Waals surface area (Å²) in [6.45, 7) is 3.67. The normalized spacial score (nSPS) is 20.4. The molecule has 17 heavy (non-hydrogen) atoms. The number of carbonyl (C=O) groups excluding carboxylic acids is 1. The number of ether oxygens (including phenoxy) is 1. The SMILES string of the molecule is CC1COCCN1C(=O)c1cc(N)ccc1Cl. The Kier molecular flexibility index (Phi) is 3.54. The van der Waals surface area contributed by atoms with Crippen molar-refractivity contribution in [2.24, 2.45) is 0 Å². The summed E-state index contributed by atoms with van der Waals surface area (Å²) in [6.07, 6.45) is 0. The van der Waals surface area contributed by atoms with Gasteiger partial charge in [-0.25, -0.2) is 0 Å². The van der Waals surface area contributed by atoms with Crippen molar-refractivity contribution in [2.45, 2.75) is 13.0 Å². The fourth-order valence-corrected chi connectivity index (χ4v) is 2.09. The van der Waals surface area contributed by atoms with Crippen LogP contribution in [-0.2, 0) is 4.74 Å². The Hall–Kier alpha value is -1.26. The molecule has 0 radical (unpaired) electrons. The van der Waals surface area contributed by atoms with Crippen LogP contribution in [0.5, 0.6) is 0 Å². The van der Waals surface area contributed by atoms with Gasteiger partial charge in [-0.15, -0.1) is 0 Å². The zero-order valence-electron chi connectivity index (χ0n) is 9.65. The highest BCUT2D eigenvalue weighted by molar-refractivity contribution is 6.34. The maximum atomic E-state index is 12.3. The maximum absolute atomic E-state index is 12.3. The van der Waals surface area contributed by atoms with Crippen LogP contribution in [-0.4, -0.2) is 36.6 Å². The number of anilines is 1. The summed E-state index contributed by atoms with van der Waals surface area (Å²) >= 11 is 6.02. The van der Waals surface area contributed by atoms with E-state index in [1.54, 1.807) is 23.1 Å². The molecule has 0 aromatic heterocycles. The van der Waals surface area contributed by atoms with Gasteiger partial charge in [-0.1, -0.05) is 11.6 Å². The van der Waals surface area contributed by atoms with Crippen LogP contribution in [0.3, 0.4) is 0 Å². The van der Waals surface area contributed by atoms with E-state index in [0.29, 0.717) is 36.0 Å². The minimum absolute atomic E-state index is 0.0637. The zero-order chi connectivity index (χ0) is 12.4. The first-order chi connectivity index (χ1) is 8.09. The molecule has 0 spiro atoms. The average molecular weight is 255 g/mol. The number of nitrogens with zero attached hydrogens (tertiary/aromatic N) is 1. The Morgan fingerprint density at radius 2 is 2.35 bits per heavy atom. The van der Waals surface area contributed by atoms with E-state index in [2.05, 4.69) is 0 Å². The van der Waals surface area contributed by atoms with Gasteiger partial charge in [0.05, 0.1) is 29.8 Å². The van der Waals surface area contributed by atoms with Crippen molar-refractivity contribution in [1.29, 1.82) is 0 Å². The summed E-state index contributed by atoms with van der Waals surface area (Å²) in [6, 6.07) is 5.01. The van der Waals surface area contributed by atoms with E-state index in [4.69, 9.17) is 22.1 Å². The molecule has 0 aliphatic carbocycles. The van der Waals surface area contributed by atoms with E-state index in [1.807, 2.05) is 6.92 Å². The standard InChI is InChI=1S/C12H15ClN2O2/c1-8-7-17-5-4-15(8)12(16)10-6-9(14)2-3-11(10)13/h2-3,6,8H,4-5,7,14H2,1H3. The Morgan fingerprint density at radius 1 is 1.59 bits per heavy atom. The molecule has 1 unspecified atom stereocenters. The van der Waals surface area contributed by atoms with Crippen molar-refractivity contribution in [2.75, 3.05) is 25.5 Å². The van der Waals surface area contributed by atoms with Crippen LogP contribution < -0.4 is 5.73 Å². The Labute approximate surface area is 105 Å². The van der Waals surface area contributed by atoms with E-state index in [1.165, 1.54) is 0 Å². The van der Waals surface area contributed by atoms with Crippen molar-refractivity contribution < 1.29 is 9.53 Å². The Morgan fingerprint density at radius 3 is 3.06 bits per heavy atom. The Bertz CT molecular complexity index is 437. The lowest BCUT2D eigenvalue weighted by molar-refractivity contribution is 0.00361. The molecule has 1 amide bonds. The number of rotatable bonds is 1. The number of halogens is 1. The van der Waals surface area contributed by atoms with Crippen LogP contribution in [0.1, 0.15) is 17.3 Å². The largest absolute Gasteiger partial charge is 0.399 e. The molecule has 0 saturated carbocycles. The van der Waals surface area contributed by atoms with E-state index in [0.717, 1.165) is 0 Å². The lowest BCUT2D eigenvalue weighted by atomic mass is 10.1. The Balaban J connectivity index is 2.26. The van der Waals surface area contributed by atoms with Crippen molar-refractivity contribution in [3.05, 3.63) is 28.8 Å². The fourth-order valence-electron chi connectivity index (χ4n) is 1.89. The van der Waals surface area contributed by atoms with Crippen LogP contribution in [0.4, 0.5) is 5.69 Å². The summed E-state index contributed by atoms with van der Waals surface area (Å²) in [5, 5.41) is 0.433. The monoisotopic (exact) mass is 254 g/mol. The van der Waals surface area contributed by atoms with Gasteiger partial charge in [-0.3, -0.25) is 4.79 Å². The van der Waals surface area contributed by atoms with Gasteiger partial charge in [0.15, 0.2) is 0 Å². The quantitative estimate of drug-likeness (QED) is 0.778. The molecule has 1 atom stereocenters. The van der Waals surface area contributed by atoms with Crippen LogP contribution in [0, 0.1) is 0 Å². The number of nitrogens with two attached hydrogens (primary N) is 1. The second kappa shape index (κ2) is 4.94. The molecule has 1 saturated heterocycles. The molecule has 1 fully saturated rings. The molecule has 2 N–H and O–H groups in total. The minimum atomic E-state index is -0.0851. The number of benzene rings is 1. The van der Waals surface area contributed by atoms with Crippen molar-refractivity contribution in [3.63, 3.8) is 0 Å². The average Bonchev–Trinajstić information content (AvgIpc) is 2.32. The van der Waals surface area contributed by atoms with E-state index in [-0.39, 0.29) is 11.9 Å². The first kappa shape index (κ1) is 12.2. The summed E-state index contributed by atoms with van der Waals surface area (Å²) < 4.78 is 5.30. The highest BCUT2D eigenvalue weighted by atomic mass is 35.5. The number of amides is 1. The highest BCUT2D eigenvalue weighted by Gasteiger charge is 2.26. The molecule has 92 valence electrons. The molecule has 4 nitrogen and oxygen atoms in total. The molecule has 5 heteroatoms. The van der Waals surface area contributed by atoms with Gasteiger partial charge < -0.3 is 15.4 Å². The third kappa shape index (κ3) is 2.53. The molecular weight excluding hydrogens is 240 g/mol. The van der Waals surface area contributed by atoms with Crippen molar-refractivity contribution >= 4 is 23.2 Å². The summed E-state index contributed by atoms with van der Waals surface area (Å²) in [5.41, 5.74) is 6.67. The van der Waals surface area contributed by atoms with Gasteiger partial charge in [-0.05, 0) is 25.1 Å². The first-order valence-electron chi connectivity index (χ1n) is 5.53. The summed E-state index contributed by atoms with van der Waals surface area (Å²) in [7, 11) is 0. The van der Waals surface area contributed by atoms with E-state index in [9.17, 15) is 4.79 Å². The molecular formula is C12H15ClN2O2. The highest BCUT2D eigenvalue weighted by Crippen LogP contribution is 2.22. The van der Waals surface area contributed by atoms with Gasteiger partial charge >= 0.3 is 0 Å². The van der Waals surface area contributed by atoms with Crippen LogP contribution >= 0.6 is 11.6 Å². The van der Waals surface area contributed by atoms with Crippen LogP contribution in [0.25, 0.3) is 0 Å². The van der Waals surface area contributed by atoms with Crippen molar-refractivity contribution in [3.8, 4) is 0 Å². The second-order valence-corrected chi connectivity index (χ2v) is 4.57. The third-order valence-electron chi connectivity index (χ3n) is 2.85. The minimum Gasteiger partial charge on any atom is -0.399 e. The van der Waals surface area contributed by atoms with E-state index < -0.39 is 0 Å². The number of nitrogen functional groups attached to an aromatic ring is 1. The summed E-state index contributed by atoms with van der Waals surface area (Å²) in [5.74, 6) is -0.0851. The molecule has 1 aromatic carbocycles. The second-order valence-electron chi connectivity index (χ2n) is 4.16. The fraction of sp³-hybridized carbons (Fsp3) is 0.417. The molecule has 2 rings (SSSR count). The molecule has 1 aliphatic heterocycles. The topological polar surface area (TPSA) is 55.6 Å². The van der Waals surface area contributed by atoms with Crippen LogP contribution in [0.2, 0.25) is 5.02 Å². The lowest BCUT2D eigenvalue weighted by Gasteiger charge is -2.33. The molecule has 1 heterocycles. The van der Waals surface area contributed by atoms with Crippen molar-refractivity contribution in [1.82, 2.24) is 4.90 Å². The van der Waals surface area contributed by atoms with Gasteiger partial charge in [0.2, 0.25) is 0 Å². The van der Waals surface area contributed by atoms with Gasteiger partial charge in [0.25, 0.3) is 5.91 Å². The molecule has 0 bridgehead atoms. The van der Waals surface area contributed by atoms with E-state index >= 15 is 0 Å². The zero-order valence-corrected chi connectivity index (χ0v) is 10.4. The first-order valence-corrected chi connectivity index (χ1v) is 5.91. The predicted molar refractivity (Wildman–Crippen MR) is 67.2 cm³/mol. The lowest BCUT2D eigenvalue weighted by Crippen LogP contribution is -2.47. The third-order valence-corrected chi connectivity index (χ3v) is 3.18. The number of hydrogen-bond donors (Lipinski definition) is 1. The summed E-state index contributed by atoms with van der Waals surface area (Å²) in [4.78, 5) is 14.1. The van der Waals surface area contributed by atoms with Gasteiger partial charge in [-0.2, -0.15) is 0 Å². The number of morpholine rings is 1. The molecule has 1 aromatic rings. The predicted octanol–water partition coefficient (Wildman–Crippen LogP) is 1.78. The molecule has 1 aliphatic rings. The number of hydrogen-bond acceptors (Lipinski definition) is 3. The van der Waals surface area contributed by atoms with Gasteiger partial charge in [0, 0.05) is 12.2 Å². The van der Waals surface area contributed by atoms with Gasteiger partial charge in [0.1, 0.15) is 0 Å².